The van der Waals surface area contributed by atoms with Crippen molar-refractivity contribution in [3.8, 4) is 22.3 Å². The molecular weight excluding hydrogens is 553 g/mol. The molecule has 0 aliphatic rings. The first-order valence-electron chi connectivity index (χ1n) is 16.6. The molecule has 0 aromatic heterocycles. The average Bonchev–Trinajstić information content (AvgIpc) is 3.55. The summed E-state index contributed by atoms with van der Waals surface area (Å²) in [6.45, 7) is 14.0. The van der Waals surface area contributed by atoms with Gasteiger partial charge in [0.25, 0.3) is 0 Å². The van der Waals surface area contributed by atoms with Crippen molar-refractivity contribution in [2.75, 3.05) is 0 Å². The third-order valence-electron chi connectivity index (χ3n) is 10.4. The Hall–Kier alpha value is -4.94. The SMILES string of the molecule is CC(C)(C)c1ccc2c3c(-c4ccccc4)c4c5cccc6c(C(C)(C)C)ccc(c4c(-c4ccccc4)c3c3cccc1c32)c65. The van der Waals surface area contributed by atoms with Gasteiger partial charge in [-0.3, -0.25) is 0 Å². The van der Waals surface area contributed by atoms with E-state index in [9.17, 15) is 0 Å². The van der Waals surface area contributed by atoms with Gasteiger partial charge < -0.3 is 0 Å². The Morgan fingerprint density at radius 2 is 0.609 bits per heavy atom. The normalized spacial score (nSPS) is 13.0. The van der Waals surface area contributed by atoms with Gasteiger partial charge in [0, 0.05) is 0 Å². The maximum Gasteiger partial charge on any atom is -0.000718 e. The Morgan fingerprint density at radius 1 is 0.283 bits per heavy atom. The van der Waals surface area contributed by atoms with Gasteiger partial charge in [-0.2, -0.15) is 0 Å². The van der Waals surface area contributed by atoms with Crippen LogP contribution in [0.1, 0.15) is 52.7 Å². The first-order valence-corrected chi connectivity index (χ1v) is 16.6. The summed E-state index contributed by atoms with van der Waals surface area (Å²) in [5.74, 6) is 0. The molecule has 222 valence electrons. The summed E-state index contributed by atoms with van der Waals surface area (Å²) in [4.78, 5) is 0. The molecule has 0 unspecified atom stereocenters. The van der Waals surface area contributed by atoms with E-state index in [2.05, 4.69) is 163 Å². The highest BCUT2D eigenvalue weighted by atomic mass is 14.3. The molecule has 0 nitrogen and oxygen atoms in total. The zero-order valence-corrected chi connectivity index (χ0v) is 27.5. The van der Waals surface area contributed by atoms with Crippen LogP contribution in [0.3, 0.4) is 0 Å². The standard InChI is InChI=1S/C46H38/c1-45(2,3)35-25-23-33-39-29(35)19-13-21-31(39)41-37(27-15-9-7-10-16-27)44-34-24-26-36(46(4,5)6)30-20-14-22-32(40(30)34)42(44)38(43(33)41)28-17-11-8-12-18-28/h7-26H,1-6H3. The summed E-state index contributed by atoms with van der Waals surface area (Å²) < 4.78 is 0. The smallest absolute Gasteiger partial charge is 0.000718 e. The van der Waals surface area contributed by atoms with Crippen LogP contribution in [0.15, 0.2) is 121 Å². The highest BCUT2D eigenvalue weighted by molar-refractivity contribution is 6.46. The van der Waals surface area contributed by atoms with E-state index < -0.39 is 0 Å². The predicted octanol–water partition coefficient (Wildman–Crippen LogP) is 13.4. The molecule has 0 saturated heterocycles. The van der Waals surface area contributed by atoms with Crippen LogP contribution in [-0.2, 0) is 10.8 Å². The van der Waals surface area contributed by atoms with Gasteiger partial charge in [0.15, 0.2) is 0 Å². The fourth-order valence-corrected chi connectivity index (χ4v) is 8.57. The molecule has 0 atom stereocenters. The second kappa shape index (κ2) is 9.30. The molecule has 9 rings (SSSR count). The Labute approximate surface area is 271 Å². The van der Waals surface area contributed by atoms with Gasteiger partial charge in [0.2, 0.25) is 0 Å². The summed E-state index contributed by atoms with van der Waals surface area (Å²) in [5.41, 5.74) is 8.14. The minimum atomic E-state index is 0.0392. The van der Waals surface area contributed by atoms with E-state index in [0.717, 1.165) is 0 Å². The molecule has 0 saturated carbocycles. The minimum absolute atomic E-state index is 0.0392. The molecular formula is C46H38. The van der Waals surface area contributed by atoms with Crippen LogP contribution in [0.4, 0.5) is 0 Å². The van der Waals surface area contributed by atoms with Crippen molar-refractivity contribution in [3.05, 3.63) is 132 Å². The Balaban J connectivity index is 1.66. The Kier molecular flexibility index (Phi) is 5.54. The zero-order valence-electron chi connectivity index (χ0n) is 27.5. The third kappa shape index (κ3) is 3.62. The number of fused-ring (bicyclic) bond motifs is 6. The molecule has 9 aromatic rings. The number of benzene rings is 7. The van der Waals surface area contributed by atoms with Gasteiger partial charge in [-0.05, 0) is 109 Å². The van der Waals surface area contributed by atoms with Crippen molar-refractivity contribution in [3.63, 3.8) is 0 Å². The van der Waals surface area contributed by atoms with Gasteiger partial charge >= 0.3 is 0 Å². The van der Waals surface area contributed by atoms with Gasteiger partial charge in [0.05, 0.1) is 0 Å². The fourth-order valence-electron chi connectivity index (χ4n) is 8.57. The minimum Gasteiger partial charge on any atom is -0.0622 e. The lowest BCUT2D eigenvalue weighted by molar-refractivity contribution is 0.596. The van der Waals surface area contributed by atoms with Crippen LogP contribution in [-0.4, -0.2) is 0 Å². The van der Waals surface area contributed by atoms with Crippen LogP contribution >= 0.6 is 0 Å². The van der Waals surface area contributed by atoms with E-state index >= 15 is 0 Å². The molecule has 46 heavy (non-hydrogen) atoms. The zero-order chi connectivity index (χ0) is 31.5. The molecule has 0 heterocycles. The molecule has 0 bridgehead atoms. The molecule has 0 aliphatic carbocycles. The van der Waals surface area contributed by atoms with E-state index in [4.69, 9.17) is 0 Å². The second-order valence-electron chi connectivity index (χ2n) is 15.3. The van der Waals surface area contributed by atoms with E-state index in [-0.39, 0.29) is 10.8 Å². The van der Waals surface area contributed by atoms with E-state index in [0.29, 0.717) is 0 Å². The second-order valence-corrected chi connectivity index (χ2v) is 15.3. The molecule has 0 radical (unpaired) electrons. The molecule has 0 fully saturated rings. The number of hydrogen-bond acceptors (Lipinski definition) is 0. The van der Waals surface area contributed by atoms with E-state index in [1.165, 1.54) is 98.0 Å². The lowest BCUT2D eigenvalue weighted by Crippen LogP contribution is -2.11. The van der Waals surface area contributed by atoms with Crippen LogP contribution in [0.2, 0.25) is 0 Å². The van der Waals surface area contributed by atoms with Gasteiger partial charge in [-0.25, -0.2) is 0 Å². The predicted molar refractivity (Wildman–Crippen MR) is 202 cm³/mol. The topological polar surface area (TPSA) is 0 Å². The highest BCUT2D eigenvalue weighted by Gasteiger charge is 2.29. The lowest BCUT2D eigenvalue weighted by Gasteiger charge is -2.21. The molecule has 0 N–H and O–H groups in total. The molecule has 0 aliphatic heterocycles. The fraction of sp³-hybridized carbons (Fsp3) is 0.174. The maximum atomic E-state index is 2.42. The van der Waals surface area contributed by atoms with Crippen molar-refractivity contribution in [1.82, 2.24) is 0 Å². The van der Waals surface area contributed by atoms with Gasteiger partial charge in [0.1, 0.15) is 0 Å². The summed E-state index contributed by atoms with van der Waals surface area (Å²) in [6, 6.07) is 45.9. The van der Waals surface area contributed by atoms with Crippen molar-refractivity contribution in [2.45, 2.75) is 52.4 Å². The van der Waals surface area contributed by atoms with Crippen molar-refractivity contribution in [1.29, 1.82) is 0 Å². The Morgan fingerprint density at radius 3 is 0.957 bits per heavy atom. The first-order chi connectivity index (χ1) is 22.1. The van der Waals surface area contributed by atoms with Gasteiger partial charge in [-0.15, -0.1) is 0 Å². The Bertz CT molecular complexity index is 2370. The molecule has 9 aromatic carbocycles. The van der Waals surface area contributed by atoms with Crippen molar-refractivity contribution in [2.24, 2.45) is 0 Å². The summed E-state index contributed by atoms with van der Waals surface area (Å²) in [5, 5.41) is 16.4. The summed E-state index contributed by atoms with van der Waals surface area (Å²) >= 11 is 0. The summed E-state index contributed by atoms with van der Waals surface area (Å²) in [6.07, 6.45) is 0. The highest BCUT2D eigenvalue weighted by Crippen LogP contribution is 2.56. The number of rotatable bonds is 2. The van der Waals surface area contributed by atoms with Gasteiger partial charge in [-0.1, -0.05) is 163 Å². The van der Waals surface area contributed by atoms with Crippen molar-refractivity contribution < 1.29 is 0 Å². The third-order valence-corrected chi connectivity index (χ3v) is 10.4. The average molecular weight is 591 g/mol. The van der Waals surface area contributed by atoms with Crippen molar-refractivity contribution >= 4 is 64.6 Å². The summed E-state index contributed by atoms with van der Waals surface area (Å²) in [7, 11) is 0. The van der Waals surface area contributed by atoms with E-state index in [1.54, 1.807) is 0 Å². The van der Waals surface area contributed by atoms with E-state index in [1.807, 2.05) is 0 Å². The maximum absolute atomic E-state index is 2.42. The quantitative estimate of drug-likeness (QED) is 0.188. The molecule has 0 amide bonds. The molecule has 0 spiro atoms. The first kappa shape index (κ1) is 27.4. The number of hydrogen-bond donors (Lipinski definition) is 0. The largest absolute Gasteiger partial charge is 0.0622 e. The molecule has 0 heteroatoms. The van der Waals surface area contributed by atoms with Crippen LogP contribution in [0.5, 0.6) is 0 Å². The van der Waals surface area contributed by atoms with Crippen LogP contribution < -0.4 is 0 Å². The lowest BCUT2D eigenvalue weighted by atomic mass is 9.83. The van der Waals surface area contributed by atoms with Crippen LogP contribution in [0, 0.1) is 0 Å². The monoisotopic (exact) mass is 590 g/mol. The van der Waals surface area contributed by atoms with Crippen LogP contribution in [0.25, 0.3) is 86.9 Å².